The summed E-state index contributed by atoms with van der Waals surface area (Å²) in [5.74, 6) is -0.124. The van der Waals surface area contributed by atoms with Crippen LogP contribution in [0.15, 0.2) is 22.7 Å². The molecular formula is C15H19BrClNO2. The lowest BCUT2D eigenvalue weighted by atomic mass is 9.74. The van der Waals surface area contributed by atoms with Gasteiger partial charge in [-0.2, -0.15) is 0 Å². The first-order chi connectivity index (χ1) is 9.56. The van der Waals surface area contributed by atoms with Crippen LogP contribution in [0.4, 0.5) is 0 Å². The number of rotatable bonds is 4. The maximum Gasteiger partial charge on any atom is 0.251 e. The minimum absolute atomic E-state index is 0.124. The molecule has 0 bridgehead atoms. The Labute approximate surface area is 132 Å². The van der Waals surface area contributed by atoms with Gasteiger partial charge in [0.15, 0.2) is 0 Å². The number of nitrogens with one attached hydrogen (secondary N) is 1. The fourth-order valence-electron chi connectivity index (χ4n) is 2.70. The molecule has 1 saturated carbocycles. The first kappa shape index (κ1) is 15.8. The van der Waals surface area contributed by atoms with Crippen molar-refractivity contribution in [3.63, 3.8) is 0 Å². The molecule has 1 aliphatic rings. The number of carbonyl (C=O) groups is 1. The third kappa shape index (κ3) is 3.74. The number of halogens is 2. The summed E-state index contributed by atoms with van der Waals surface area (Å²) in [7, 11) is 0. The quantitative estimate of drug-likeness (QED) is 0.858. The fourth-order valence-corrected chi connectivity index (χ4v) is 3.20. The molecule has 0 heterocycles. The highest BCUT2D eigenvalue weighted by Crippen LogP contribution is 2.35. The van der Waals surface area contributed by atoms with Gasteiger partial charge < -0.3 is 10.4 Å². The molecule has 0 aromatic heterocycles. The molecule has 1 aromatic rings. The predicted molar refractivity (Wildman–Crippen MR) is 84.1 cm³/mol. The molecule has 5 heteroatoms. The van der Waals surface area contributed by atoms with Gasteiger partial charge in [-0.3, -0.25) is 4.79 Å². The Bertz CT molecular complexity index is 487. The SMILES string of the molecule is O=C(NCC1(CO)CCCCC1)c1ccc(Cl)c(Br)c1. The largest absolute Gasteiger partial charge is 0.396 e. The standard InChI is InChI=1S/C15H19BrClNO2/c16-12-8-11(4-5-13(12)17)14(20)18-9-15(10-19)6-2-1-3-7-15/h4-5,8,19H,1-3,6-7,9-10H2,(H,18,20). The van der Waals surface area contributed by atoms with E-state index in [9.17, 15) is 9.90 Å². The molecule has 1 amide bonds. The molecule has 1 fully saturated rings. The number of amides is 1. The van der Waals surface area contributed by atoms with Crippen LogP contribution in [-0.4, -0.2) is 24.2 Å². The number of hydrogen-bond acceptors (Lipinski definition) is 2. The van der Waals surface area contributed by atoms with Gasteiger partial charge in [-0.05, 0) is 47.0 Å². The molecule has 2 N–H and O–H groups in total. The lowest BCUT2D eigenvalue weighted by Crippen LogP contribution is -2.41. The van der Waals surface area contributed by atoms with Crippen molar-refractivity contribution in [2.24, 2.45) is 5.41 Å². The maximum absolute atomic E-state index is 12.2. The van der Waals surface area contributed by atoms with Crippen molar-refractivity contribution in [3.05, 3.63) is 33.3 Å². The van der Waals surface area contributed by atoms with Gasteiger partial charge in [0.1, 0.15) is 0 Å². The average molecular weight is 361 g/mol. The lowest BCUT2D eigenvalue weighted by molar-refractivity contribution is 0.0718. The van der Waals surface area contributed by atoms with Crippen molar-refractivity contribution in [2.45, 2.75) is 32.1 Å². The highest BCUT2D eigenvalue weighted by molar-refractivity contribution is 9.10. The van der Waals surface area contributed by atoms with Crippen LogP contribution in [-0.2, 0) is 0 Å². The summed E-state index contributed by atoms with van der Waals surface area (Å²) < 4.78 is 0.710. The van der Waals surface area contributed by atoms with E-state index >= 15 is 0 Å². The topological polar surface area (TPSA) is 49.3 Å². The number of benzene rings is 1. The van der Waals surface area contributed by atoms with E-state index < -0.39 is 0 Å². The Morgan fingerprint density at radius 2 is 2.05 bits per heavy atom. The zero-order valence-electron chi connectivity index (χ0n) is 11.3. The lowest BCUT2D eigenvalue weighted by Gasteiger charge is -2.35. The van der Waals surface area contributed by atoms with E-state index in [1.165, 1.54) is 6.42 Å². The van der Waals surface area contributed by atoms with E-state index in [4.69, 9.17) is 11.6 Å². The minimum Gasteiger partial charge on any atom is -0.396 e. The first-order valence-corrected chi connectivity index (χ1v) is 8.08. The van der Waals surface area contributed by atoms with Gasteiger partial charge in [0.05, 0.1) is 11.6 Å². The molecule has 0 atom stereocenters. The van der Waals surface area contributed by atoms with Gasteiger partial charge >= 0.3 is 0 Å². The second-order valence-electron chi connectivity index (χ2n) is 5.53. The molecule has 1 aliphatic carbocycles. The van der Waals surface area contributed by atoms with E-state index in [1.807, 2.05) is 0 Å². The van der Waals surface area contributed by atoms with E-state index in [1.54, 1.807) is 18.2 Å². The zero-order valence-corrected chi connectivity index (χ0v) is 13.6. The normalized spacial score (nSPS) is 17.8. The molecule has 110 valence electrons. The van der Waals surface area contributed by atoms with Crippen LogP contribution in [0.25, 0.3) is 0 Å². The van der Waals surface area contributed by atoms with Crippen LogP contribution in [0, 0.1) is 5.41 Å². The number of hydrogen-bond donors (Lipinski definition) is 2. The monoisotopic (exact) mass is 359 g/mol. The summed E-state index contributed by atoms with van der Waals surface area (Å²) in [6, 6.07) is 5.11. The Balaban J connectivity index is 1.98. The van der Waals surface area contributed by atoms with Crippen LogP contribution in [0.5, 0.6) is 0 Å². The van der Waals surface area contributed by atoms with E-state index in [-0.39, 0.29) is 17.9 Å². The van der Waals surface area contributed by atoms with Crippen LogP contribution in [0.3, 0.4) is 0 Å². The van der Waals surface area contributed by atoms with E-state index in [0.29, 0.717) is 21.6 Å². The van der Waals surface area contributed by atoms with Gasteiger partial charge in [0, 0.05) is 22.0 Å². The molecule has 3 nitrogen and oxygen atoms in total. The summed E-state index contributed by atoms with van der Waals surface area (Å²) in [4.78, 5) is 12.2. The Morgan fingerprint density at radius 1 is 1.35 bits per heavy atom. The maximum atomic E-state index is 12.2. The van der Waals surface area contributed by atoms with Crippen molar-refractivity contribution in [1.82, 2.24) is 5.32 Å². The molecule has 20 heavy (non-hydrogen) atoms. The smallest absolute Gasteiger partial charge is 0.251 e. The van der Waals surface area contributed by atoms with Crippen LogP contribution >= 0.6 is 27.5 Å². The summed E-state index contributed by atoms with van der Waals surface area (Å²) in [6.45, 7) is 0.667. The Kier molecular flexibility index (Phi) is 5.47. The molecular weight excluding hydrogens is 342 g/mol. The van der Waals surface area contributed by atoms with Crippen LogP contribution in [0.1, 0.15) is 42.5 Å². The second kappa shape index (κ2) is 6.92. The Morgan fingerprint density at radius 3 is 2.65 bits per heavy atom. The van der Waals surface area contributed by atoms with Gasteiger partial charge in [0.2, 0.25) is 0 Å². The van der Waals surface area contributed by atoms with Gasteiger partial charge in [-0.15, -0.1) is 0 Å². The molecule has 1 aromatic carbocycles. The van der Waals surface area contributed by atoms with E-state index in [2.05, 4.69) is 21.2 Å². The van der Waals surface area contributed by atoms with Gasteiger partial charge in [-0.25, -0.2) is 0 Å². The molecule has 0 unspecified atom stereocenters. The third-order valence-corrected chi connectivity index (χ3v) is 5.27. The van der Waals surface area contributed by atoms with Crippen molar-refractivity contribution in [1.29, 1.82) is 0 Å². The number of carbonyl (C=O) groups excluding carboxylic acids is 1. The van der Waals surface area contributed by atoms with Gasteiger partial charge in [-0.1, -0.05) is 30.9 Å². The fraction of sp³-hybridized carbons (Fsp3) is 0.533. The summed E-state index contributed by atoms with van der Waals surface area (Å²) in [5, 5.41) is 13.2. The van der Waals surface area contributed by atoms with Gasteiger partial charge in [0.25, 0.3) is 5.91 Å². The summed E-state index contributed by atoms with van der Waals surface area (Å²) >= 11 is 9.23. The Hall–Kier alpha value is -0.580. The van der Waals surface area contributed by atoms with Crippen molar-refractivity contribution < 1.29 is 9.90 Å². The summed E-state index contributed by atoms with van der Waals surface area (Å²) in [5.41, 5.74) is 0.433. The average Bonchev–Trinajstić information content (AvgIpc) is 2.48. The third-order valence-electron chi connectivity index (χ3n) is 4.06. The molecule has 0 aliphatic heterocycles. The summed E-state index contributed by atoms with van der Waals surface area (Å²) in [6.07, 6.45) is 5.44. The molecule has 0 radical (unpaired) electrons. The number of aliphatic hydroxyl groups is 1. The van der Waals surface area contributed by atoms with E-state index in [0.717, 1.165) is 25.7 Å². The number of aliphatic hydroxyl groups excluding tert-OH is 1. The highest BCUT2D eigenvalue weighted by Gasteiger charge is 2.31. The van der Waals surface area contributed by atoms with Crippen LogP contribution in [0.2, 0.25) is 5.02 Å². The van der Waals surface area contributed by atoms with Crippen molar-refractivity contribution in [3.8, 4) is 0 Å². The van der Waals surface area contributed by atoms with Crippen molar-refractivity contribution in [2.75, 3.05) is 13.2 Å². The zero-order chi connectivity index (χ0) is 14.6. The first-order valence-electron chi connectivity index (χ1n) is 6.90. The van der Waals surface area contributed by atoms with Crippen molar-refractivity contribution >= 4 is 33.4 Å². The second-order valence-corrected chi connectivity index (χ2v) is 6.79. The predicted octanol–water partition coefficient (Wildman–Crippen LogP) is 3.78. The van der Waals surface area contributed by atoms with Crippen LogP contribution < -0.4 is 5.32 Å². The highest BCUT2D eigenvalue weighted by atomic mass is 79.9. The molecule has 0 spiro atoms. The molecule has 2 rings (SSSR count). The minimum atomic E-state index is -0.141. The molecule has 0 saturated heterocycles.